The summed E-state index contributed by atoms with van der Waals surface area (Å²) in [5.41, 5.74) is 0.999. The summed E-state index contributed by atoms with van der Waals surface area (Å²) in [6.07, 6.45) is 2.53. The molecule has 5 nitrogen and oxygen atoms in total. The lowest BCUT2D eigenvalue weighted by Gasteiger charge is -2.37. The maximum Gasteiger partial charge on any atom is 0.410 e. The minimum Gasteiger partial charge on any atom is -0.445 e. The quantitative estimate of drug-likeness (QED) is 0.805. The number of hydrogen-bond acceptors (Lipinski definition) is 4. The van der Waals surface area contributed by atoms with Gasteiger partial charge in [-0.25, -0.2) is 4.79 Å². The van der Waals surface area contributed by atoms with E-state index in [1.807, 2.05) is 35.2 Å². The lowest BCUT2D eigenvalue weighted by molar-refractivity contribution is 0.0705. The molecule has 1 heterocycles. The Labute approximate surface area is 145 Å². The van der Waals surface area contributed by atoms with E-state index in [0.717, 1.165) is 31.4 Å². The second-order valence-corrected chi connectivity index (χ2v) is 6.83. The number of aliphatic hydroxyl groups is 1. The molecule has 134 valence electrons. The summed E-state index contributed by atoms with van der Waals surface area (Å²) < 4.78 is 5.45. The van der Waals surface area contributed by atoms with Gasteiger partial charge in [0.25, 0.3) is 0 Å². The van der Waals surface area contributed by atoms with Crippen molar-refractivity contribution < 1.29 is 14.6 Å². The first-order chi connectivity index (χ1) is 11.6. The summed E-state index contributed by atoms with van der Waals surface area (Å²) in [6.45, 7) is 6.14. The molecule has 1 amide bonds. The van der Waals surface area contributed by atoms with E-state index in [0.29, 0.717) is 25.1 Å². The third-order valence-corrected chi connectivity index (χ3v) is 4.48. The molecule has 2 rings (SSSR count). The molecule has 2 N–H and O–H groups in total. The Kier molecular flexibility index (Phi) is 7.53. The highest BCUT2D eigenvalue weighted by atomic mass is 16.6. The van der Waals surface area contributed by atoms with Crippen LogP contribution in [0.5, 0.6) is 0 Å². The van der Waals surface area contributed by atoms with Crippen LogP contribution in [0.4, 0.5) is 4.79 Å². The molecule has 24 heavy (non-hydrogen) atoms. The number of carbonyl (C=O) groups is 1. The predicted molar refractivity (Wildman–Crippen MR) is 94.7 cm³/mol. The summed E-state index contributed by atoms with van der Waals surface area (Å²) in [5.74, 6) is 0.359. The van der Waals surface area contributed by atoms with E-state index in [-0.39, 0.29) is 18.7 Å². The van der Waals surface area contributed by atoms with Crippen LogP contribution in [0, 0.1) is 5.92 Å². The Morgan fingerprint density at radius 2 is 2.12 bits per heavy atom. The zero-order valence-electron chi connectivity index (χ0n) is 14.8. The van der Waals surface area contributed by atoms with E-state index in [4.69, 9.17) is 4.74 Å². The van der Waals surface area contributed by atoms with Gasteiger partial charge in [-0.3, -0.25) is 0 Å². The van der Waals surface area contributed by atoms with Crippen molar-refractivity contribution in [2.45, 2.75) is 51.8 Å². The van der Waals surface area contributed by atoms with Gasteiger partial charge >= 0.3 is 6.09 Å². The van der Waals surface area contributed by atoms with Gasteiger partial charge in [-0.15, -0.1) is 0 Å². The molecule has 1 fully saturated rings. The van der Waals surface area contributed by atoms with Gasteiger partial charge in [-0.2, -0.15) is 0 Å². The summed E-state index contributed by atoms with van der Waals surface area (Å²) in [5, 5.41) is 12.8. The number of benzene rings is 1. The third kappa shape index (κ3) is 5.80. The fraction of sp³-hybridized carbons (Fsp3) is 0.632. The molecule has 2 atom stereocenters. The van der Waals surface area contributed by atoms with Crippen LogP contribution in [-0.2, 0) is 11.3 Å². The zero-order chi connectivity index (χ0) is 17.4. The summed E-state index contributed by atoms with van der Waals surface area (Å²) >= 11 is 0. The highest BCUT2D eigenvalue weighted by molar-refractivity contribution is 5.67. The number of ether oxygens (including phenoxy) is 1. The molecule has 0 saturated carbocycles. The van der Waals surface area contributed by atoms with E-state index in [1.165, 1.54) is 0 Å². The van der Waals surface area contributed by atoms with Crippen LogP contribution < -0.4 is 5.32 Å². The van der Waals surface area contributed by atoms with Gasteiger partial charge in [-0.05, 0) is 30.7 Å². The third-order valence-electron chi connectivity index (χ3n) is 4.48. The maximum absolute atomic E-state index is 12.4. The van der Waals surface area contributed by atoms with E-state index in [1.54, 1.807) is 0 Å². The number of nitrogens with zero attached hydrogens (tertiary/aromatic N) is 1. The molecular weight excluding hydrogens is 304 g/mol. The zero-order valence-corrected chi connectivity index (χ0v) is 14.8. The van der Waals surface area contributed by atoms with E-state index >= 15 is 0 Å². The topological polar surface area (TPSA) is 61.8 Å². The molecule has 0 aliphatic carbocycles. The molecular formula is C19H30N2O3. The molecule has 0 unspecified atom stereocenters. The second kappa shape index (κ2) is 9.64. The first kappa shape index (κ1) is 18.7. The SMILES string of the molecule is CC(C)N[C@H](CCO)[C@H]1CCCN(C(=O)OCc2ccccc2)C1. The van der Waals surface area contributed by atoms with Crippen molar-refractivity contribution in [3.8, 4) is 0 Å². The largest absolute Gasteiger partial charge is 0.445 e. The van der Waals surface area contributed by atoms with E-state index < -0.39 is 0 Å². The van der Waals surface area contributed by atoms with Gasteiger partial charge in [0.2, 0.25) is 0 Å². The number of aliphatic hydroxyl groups excluding tert-OH is 1. The number of piperidine rings is 1. The molecule has 1 aliphatic heterocycles. The average Bonchev–Trinajstić information content (AvgIpc) is 2.60. The normalized spacial score (nSPS) is 19.3. The van der Waals surface area contributed by atoms with Crippen LogP contribution in [0.25, 0.3) is 0 Å². The van der Waals surface area contributed by atoms with Crippen molar-refractivity contribution in [1.29, 1.82) is 0 Å². The molecule has 5 heteroatoms. The van der Waals surface area contributed by atoms with Crippen molar-refractivity contribution in [3.63, 3.8) is 0 Å². The summed E-state index contributed by atoms with van der Waals surface area (Å²) in [6, 6.07) is 10.3. The van der Waals surface area contributed by atoms with Gasteiger partial charge in [0.15, 0.2) is 0 Å². The summed E-state index contributed by atoms with van der Waals surface area (Å²) in [7, 11) is 0. The molecule has 0 spiro atoms. The number of rotatable bonds is 7. The number of hydrogen-bond donors (Lipinski definition) is 2. The molecule has 0 radical (unpaired) electrons. The van der Waals surface area contributed by atoms with Crippen LogP contribution >= 0.6 is 0 Å². The highest BCUT2D eigenvalue weighted by Gasteiger charge is 2.30. The Balaban J connectivity index is 1.87. The van der Waals surface area contributed by atoms with Gasteiger partial charge < -0.3 is 20.1 Å². The van der Waals surface area contributed by atoms with Crippen molar-refractivity contribution in [2.75, 3.05) is 19.7 Å². The Hall–Kier alpha value is -1.59. The molecule has 0 bridgehead atoms. The first-order valence-corrected chi connectivity index (χ1v) is 8.92. The second-order valence-electron chi connectivity index (χ2n) is 6.83. The van der Waals surface area contributed by atoms with Gasteiger partial charge in [0.05, 0.1) is 0 Å². The number of amides is 1. The van der Waals surface area contributed by atoms with Crippen molar-refractivity contribution >= 4 is 6.09 Å². The Morgan fingerprint density at radius 3 is 2.79 bits per heavy atom. The standard InChI is InChI=1S/C19H30N2O3/c1-15(2)20-18(10-12-22)17-9-6-11-21(13-17)19(23)24-14-16-7-4-3-5-8-16/h3-5,7-8,15,17-18,20,22H,6,9-14H2,1-2H3/t17-,18+/m0/s1. The van der Waals surface area contributed by atoms with Gasteiger partial charge in [0, 0.05) is 31.8 Å². The smallest absolute Gasteiger partial charge is 0.410 e. The molecule has 0 aromatic heterocycles. The monoisotopic (exact) mass is 334 g/mol. The van der Waals surface area contributed by atoms with Crippen LogP contribution in [0.3, 0.4) is 0 Å². The number of likely N-dealkylation sites (tertiary alicyclic amines) is 1. The predicted octanol–water partition coefficient (Wildman–Crippen LogP) is 2.78. The van der Waals surface area contributed by atoms with Crippen LogP contribution in [0.15, 0.2) is 30.3 Å². The highest BCUT2D eigenvalue weighted by Crippen LogP contribution is 2.22. The van der Waals surface area contributed by atoms with Crippen molar-refractivity contribution in [3.05, 3.63) is 35.9 Å². The summed E-state index contributed by atoms with van der Waals surface area (Å²) in [4.78, 5) is 14.2. The molecule has 1 aromatic rings. The molecule has 1 saturated heterocycles. The van der Waals surface area contributed by atoms with Crippen molar-refractivity contribution in [1.82, 2.24) is 10.2 Å². The average molecular weight is 334 g/mol. The number of carbonyl (C=O) groups excluding carboxylic acids is 1. The fourth-order valence-corrected chi connectivity index (χ4v) is 3.34. The first-order valence-electron chi connectivity index (χ1n) is 8.92. The van der Waals surface area contributed by atoms with Crippen LogP contribution in [0.2, 0.25) is 0 Å². The lowest BCUT2D eigenvalue weighted by atomic mass is 9.88. The number of nitrogens with one attached hydrogen (secondary N) is 1. The van der Waals surface area contributed by atoms with Crippen LogP contribution in [-0.4, -0.2) is 47.9 Å². The van der Waals surface area contributed by atoms with Gasteiger partial charge in [-0.1, -0.05) is 44.2 Å². The van der Waals surface area contributed by atoms with Gasteiger partial charge in [0.1, 0.15) is 6.61 Å². The Morgan fingerprint density at radius 1 is 1.38 bits per heavy atom. The van der Waals surface area contributed by atoms with Crippen LogP contribution in [0.1, 0.15) is 38.7 Å². The maximum atomic E-state index is 12.4. The fourth-order valence-electron chi connectivity index (χ4n) is 3.34. The van der Waals surface area contributed by atoms with E-state index in [2.05, 4.69) is 19.2 Å². The van der Waals surface area contributed by atoms with E-state index in [9.17, 15) is 9.90 Å². The molecule has 1 aliphatic rings. The minimum atomic E-state index is -0.240. The minimum absolute atomic E-state index is 0.166. The Bertz CT molecular complexity index is 493. The lowest BCUT2D eigenvalue weighted by Crippen LogP contribution is -2.49. The van der Waals surface area contributed by atoms with Crippen molar-refractivity contribution in [2.24, 2.45) is 5.92 Å². The molecule has 1 aromatic carbocycles.